The average molecular weight is 483 g/mol. The van der Waals surface area contributed by atoms with Gasteiger partial charge >= 0.3 is 0 Å². The number of anilines is 1. The summed E-state index contributed by atoms with van der Waals surface area (Å²) in [6.07, 6.45) is 7.60. The number of primary amides is 1. The molecule has 0 aliphatic rings. The molecule has 184 valence electrons. The van der Waals surface area contributed by atoms with Gasteiger partial charge in [-0.15, -0.1) is 0 Å². The highest BCUT2D eigenvalue weighted by atomic mass is 16.1. The number of nitrogens with one attached hydrogen (secondary N) is 1. The molecule has 3 N–H and O–H groups in total. The number of amides is 1. The highest BCUT2D eigenvalue weighted by Crippen LogP contribution is 2.34. The van der Waals surface area contributed by atoms with Gasteiger partial charge in [0.2, 0.25) is 5.91 Å². The summed E-state index contributed by atoms with van der Waals surface area (Å²) in [5.41, 5.74) is 12.4. The van der Waals surface area contributed by atoms with Crippen LogP contribution in [0.25, 0.3) is 33.5 Å². The average Bonchev–Trinajstić information content (AvgIpc) is 3.56. The Kier molecular flexibility index (Phi) is 5.83. The number of aromatic nitrogens is 6. The molecule has 0 aliphatic carbocycles. The molecule has 9 nitrogen and oxygen atoms in total. The number of imidazole rings is 1. The molecule has 0 bridgehead atoms. The Labute approximate surface area is 209 Å². The van der Waals surface area contributed by atoms with Crippen molar-refractivity contribution in [1.29, 1.82) is 0 Å². The molecular weight excluding hydrogens is 452 g/mol. The highest BCUT2D eigenvalue weighted by molar-refractivity contribution is 5.96. The Morgan fingerprint density at radius 3 is 2.53 bits per heavy atom. The van der Waals surface area contributed by atoms with Crippen molar-refractivity contribution >= 4 is 22.5 Å². The van der Waals surface area contributed by atoms with Crippen molar-refractivity contribution in [3.63, 3.8) is 0 Å². The molecule has 36 heavy (non-hydrogen) atoms. The van der Waals surface area contributed by atoms with E-state index in [2.05, 4.69) is 55.2 Å². The molecule has 9 heteroatoms. The van der Waals surface area contributed by atoms with Crippen LogP contribution in [0.3, 0.4) is 0 Å². The summed E-state index contributed by atoms with van der Waals surface area (Å²) >= 11 is 0. The van der Waals surface area contributed by atoms with Gasteiger partial charge in [-0.25, -0.2) is 9.67 Å². The van der Waals surface area contributed by atoms with E-state index in [0.29, 0.717) is 5.56 Å². The summed E-state index contributed by atoms with van der Waals surface area (Å²) in [7, 11) is 1.89. The van der Waals surface area contributed by atoms with Gasteiger partial charge in [0.25, 0.3) is 0 Å². The Bertz CT molecular complexity index is 1570. The van der Waals surface area contributed by atoms with E-state index in [4.69, 9.17) is 10.8 Å². The van der Waals surface area contributed by atoms with Crippen molar-refractivity contribution in [1.82, 2.24) is 29.1 Å². The van der Waals surface area contributed by atoms with E-state index in [1.165, 1.54) is 0 Å². The van der Waals surface area contributed by atoms with Crippen molar-refractivity contribution in [2.75, 3.05) is 5.32 Å². The zero-order valence-corrected chi connectivity index (χ0v) is 21.1. The first kappa shape index (κ1) is 23.3. The molecule has 1 amide bonds. The van der Waals surface area contributed by atoms with Crippen LogP contribution in [0.2, 0.25) is 0 Å². The van der Waals surface area contributed by atoms with Crippen LogP contribution in [0.5, 0.6) is 0 Å². The maximum absolute atomic E-state index is 11.9. The van der Waals surface area contributed by atoms with Crippen LogP contribution in [-0.2, 0) is 7.05 Å². The molecule has 0 aliphatic heterocycles. The summed E-state index contributed by atoms with van der Waals surface area (Å²) < 4.78 is 5.75. The Hall–Kier alpha value is -4.40. The lowest BCUT2D eigenvalue weighted by Crippen LogP contribution is -2.16. The summed E-state index contributed by atoms with van der Waals surface area (Å²) in [6, 6.07) is 11.8. The van der Waals surface area contributed by atoms with E-state index < -0.39 is 5.91 Å². The fourth-order valence-electron chi connectivity index (χ4n) is 4.44. The number of carbonyl (C=O) groups excluding carboxylic acids is 1. The molecule has 5 rings (SSSR count). The number of nitrogens with zero attached hydrogens (tertiary/aromatic N) is 6. The second-order valence-electron chi connectivity index (χ2n) is 9.59. The van der Waals surface area contributed by atoms with Gasteiger partial charge in [-0.2, -0.15) is 10.2 Å². The zero-order valence-electron chi connectivity index (χ0n) is 21.1. The van der Waals surface area contributed by atoms with Gasteiger partial charge in [0.05, 0.1) is 46.5 Å². The molecule has 0 unspecified atom stereocenters. The minimum absolute atomic E-state index is 0.158. The normalized spacial score (nSPS) is 11.6. The van der Waals surface area contributed by atoms with Crippen molar-refractivity contribution in [3.05, 3.63) is 72.6 Å². The van der Waals surface area contributed by atoms with Crippen LogP contribution in [0, 0.1) is 0 Å². The molecule has 2 aromatic carbocycles. The second kappa shape index (κ2) is 8.99. The summed E-state index contributed by atoms with van der Waals surface area (Å²) in [5, 5.41) is 13.8. The minimum Gasteiger partial charge on any atom is -0.381 e. The fourth-order valence-corrected chi connectivity index (χ4v) is 4.44. The van der Waals surface area contributed by atoms with Crippen LogP contribution in [-0.4, -0.2) is 41.1 Å². The maximum Gasteiger partial charge on any atom is 0.248 e. The molecule has 0 radical (unpaired) electrons. The number of rotatable bonds is 7. The molecule has 0 saturated heterocycles. The van der Waals surface area contributed by atoms with Gasteiger partial charge in [-0.3, -0.25) is 9.48 Å². The summed E-state index contributed by atoms with van der Waals surface area (Å²) in [6.45, 7) is 8.39. The number of benzene rings is 2. The van der Waals surface area contributed by atoms with E-state index in [-0.39, 0.29) is 12.0 Å². The number of hydrogen-bond acceptors (Lipinski definition) is 5. The van der Waals surface area contributed by atoms with Crippen molar-refractivity contribution in [2.45, 2.75) is 39.7 Å². The minimum atomic E-state index is -0.464. The molecule has 5 aromatic rings. The molecule has 0 atom stereocenters. The fraction of sp³-hybridized carbons (Fsp3) is 0.259. The van der Waals surface area contributed by atoms with Crippen LogP contribution in [0.15, 0.2) is 61.3 Å². The van der Waals surface area contributed by atoms with Crippen LogP contribution < -0.4 is 11.1 Å². The first-order valence-corrected chi connectivity index (χ1v) is 12.0. The van der Waals surface area contributed by atoms with Gasteiger partial charge in [-0.05, 0) is 50.1 Å². The third kappa shape index (κ3) is 4.13. The van der Waals surface area contributed by atoms with Crippen molar-refractivity contribution in [2.24, 2.45) is 12.8 Å². The topological polar surface area (TPSA) is 109 Å². The SMILES string of the molecule is CC(C)Nc1cc(C(N)=O)ccc1-n1nc(C(C)C)c2c(-n3cnc(-c4cnn(C)c4)c3)cccc21. The van der Waals surface area contributed by atoms with E-state index in [1.807, 2.05) is 53.3 Å². The Balaban J connectivity index is 1.71. The predicted octanol–water partition coefficient (Wildman–Crippen LogP) is 4.65. The Morgan fingerprint density at radius 1 is 1.06 bits per heavy atom. The van der Waals surface area contributed by atoms with Gasteiger partial charge in [0, 0.05) is 42.0 Å². The highest BCUT2D eigenvalue weighted by Gasteiger charge is 2.21. The van der Waals surface area contributed by atoms with Crippen LogP contribution in [0.4, 0.5) is 5.69 Å². The van der Waals surface area contributed by atoms with Crippen LogP contribution >= 0.6 is 0 Å². The third-order valence-corrected chi connectivity index (χ3v) is 6.07. The quantitative estimate of drug-likeness (QED) is 0.351. The first-order chi connectivity index (χ1) is 17.2. The number of fused-ring (bicyclic) bond motifs is 1. The molecule has 3 heterocycles. The molecular formula is C27H30N8O. The number of hydrogen-bond donors (Lipinski definition) is 2. The predicted molar refractivity (Wildman–Crippen MR) is 142 cm³/mol. The van der Waals surface area contributed by atoms with Gasteiger partial charge < -0.3 is 15.6 Å². The second-order valence-corrected chi connectivity index (χ2v) is 9.59. The molecule has 0 fully saturated rings. The zero-order chi connectivity index (χ0) is 25.6. The van der Waals surface area contributed by atoms with Gasteiger partial charge in [0.15, 0.2) is 0 Å². The van der Waals surface area contributed by atoms with Gasteiger partial charge in [-0.1, -0.05) is 19.9 Å². The number of nitrogens with two attached hydrogens (primary N) is 1. The van der Waals surface area contributed by atoms with Crippen molar-refractivity contribution in [3.8, 4) is 22.6 Å². The van der Waals surface area contributed by atoms with Gasteiger partial charge in [0.1, 0.15) is 0 Å². The number of aryl methyl sites for hydroxylation is 1. The van der Waals surface area contributed by atoms with E-state index in [1.54, 1.807) is 16.8 Å². The van der Waals surface area contributed by atoms with E-state index in [0.717, 1.165) is 44.9 Å². The van der Waals surface area contributed by atoms with Crippen LogP contribution in [0.1, 0.15) is 49.7 Å². The lowest BCUT2D eigenvalue weighted by molar-refractivity contribution is 0.100. The largest absolute Gasteiger partial charge is 0.381 e. The Morgan fingerprint density at radius 2 is 1.86 bits per heavy atom. The summed E-state index contributed by atoms with van der Waals surface area (Å²) in [4.78, 5) is 16.5. The summed E-state index contributed by atoms with van der Waals surface area (Å²) in [5.74, 6) is -0.282. The van der Waals surface area contributed by atoms with Crippen molar-refractivity contribution < 1.29 is 4.79 Å². The monoisotopic (exact) mass is 482 g/mol. The smallest absolute Gasteiger partial charge is 0.248 e. The molecule has 0 saturated carbocycles. The van der Waals surface area contributed by atoms with E-state index in [9.17, 15) is 4.79 Å². The first-order valence-electron chi connectivity index (χ1n) is 12.0. The maximum atomic E-state index is 11.9. The third-order valence-electron chi connectivity index (χ3n) is 6.07. The lowest BCUT2D eigenvalue weighted by Gasteiger charge is -2.16. The molecule has 3 aromatic heterocycles. The standard InChI is InChI=1S/C27H30N8O/c1-16(2)26-25-23(34-14-21(29-15-34)19-12-30-33(5)13-19)7-6-8-24(25)35(32-26)22-10-9-18(27(28)36)11-20(22)31-17(3)4/h6-17,31H,1-5H3,(H2,28,36). The lowest BCUT2D eigenvalue weighted by atomic mass is 10.0. The molecule has 0 spiro atoms. The number of carbonyl (C=O) groups is 1. The van der Waals surface area contributed by atoms with E-state index >= 15 is 0 Å².